The molecule has 0 bridgehead atoms. The second-order valence-corrected chi connectivity index (χ2v) is 7.85. The standard InChI is InChI=1S/C22H28ClN3O2/c1-16-6-7-21(19(23)12-16)25-22(28)13-24-20-5-3-2-4-18(20)14-26-10-8-17(15-27)9-11-26/h2-7,12,17,24,27H,8-11,13-15H2,1H3,(H,25,28). The Morgan fingerprint density at radius 3 is 2.64 bits per heavy atom. The van der Waals surface area contributed by atoms with Crippen molar-refractivity contribution in [3.8, 4) is 0 Å². The van der Waals surface area contributed by atoms with Crippen LogP contribution in [0.5, 0.6) is 0 Å². The van der Waals surface area contributed by atoms with Gasteiger partial charge in [-0.3, -0.25) is 9.69 Å². The molecule has 1 amide bonds. The number of hydrogen-bond donors (Lipinski definition) is 3. The summed E-state index contributed by atoms with van der Waals surface area (Å²) in [5.41, 5.74) is 3.82. The van der Waals surface area contributed by atoms with Crippen LogP contribution in [0.3, 0.4) is 0 Å². The monoisotopic (exact) mass is 401 g/mol. The Morgan fingerprint density at radius 1 is 1.18 bits per heavy atom. The van der Waals surface area contributed by atoms with Gasteiger partial charge in [0.15, 0.2) is 0 Å². The molecule has 0 unspecified atom stereocenters. The van der Waals surface area contributed by atoms with Gasteiger partial charge in [-0.15, -0.1) is 0 Å². The fraction of sp³-hybridized carbons (Fsp3) is 0.409. The molecule has 1 fully saturated rings. The van der Waals surface area contributed by atoms with Crippen LogP contribution in [0.1, 0.15) is 24.0 Å². The molecule has 0 spiro atoms. The molecule has 0 saturated carbocycles. The third-order valence-electron chi connectivity index (χ3n) is 5.21. The molecule has 1 saturated heterocycles. The van der Waals surface area contributed by atoms with Gasteiger partial charge in [0.1, 0.15) is 0 Å². The van der Waals surface area contributed by atoms with E-state index in [1.54, 1.807) is 0 Å². The number of nitrogens with zero attached hydrogens (tertiary/aromatic N) is 1. The average molecular weight is 402 g/mol. The van der Waals surface area contributed by atoms with Crippen LogP contribution in [0.15, 0.2) is 42.5 Å². The van der Waals surface area contributed by atoms with E-state index < -0.39 is 0 Å². The summed E-state index contributed by atoms with van der Waals surface area (Å²) in [6, 6.07) is 13.7. The van der Waals surface area contributed by atoms with E-state index in [0.29, 0.717) is 16.6 Å². The highest BCUT2D eigenvalue weighted by Gasteiger charge is 2.19. The van der Waals surface area contributed by atoms with Gasteiger partial charge in [0.2, 0.25) is 5.91 Å². The van der Waals surface area contributed by atoms with E-state index in [1.165, 1.54) is 5.56 Å². The van der Waals surface area contributed by atoms with Crippen LogP contribution in [0.2, 0.25) is 5.02 Å². The molecule has 3 rings (SSSR count). The number of likely N-dealkylation sites (tertiary alicyclic amines) is 1. The lowest BCUT2D eigenvalue weighted by atomic mass is 9.97. The van der Waals surface area contributed by atoms with Crippen LogP contribution >= 0.6 is 11.6 Å². The lowest BCUT2D eigenvalue weighted by Crippen LogP contribution is -2.34. The van der Waals surface area contributed by atoms with Crippen molar-refractivity contribution >= 4 is 28.9 Å². The number of aliphatic hydroxyl groups is 1. The minimum atomic E-state index is -0.135. The van der Waals surface area contributed by atoms with Crippen LogP contribution in [-0.2, 0) is 11.3 Å². The van der Waals surface area contributed by atoms with E-state index in [2.05, 4.69) is 21.6 Å². The molecule has 5 nitrogen and oxygen atoms in total. The topological polar surface area (TPSA) is 64.6 Å². The van der Waals surface area contributed by atoms with Crippen LogP contribution in [0.4, 0.5) is 11.4 Å². The van der Waals surface area contributed by atoms with Crippen molar-refractivity contribution in [2.75, 3.05) is 36.9 Å². The number of hydrogen-bond acceptors (Lipinski definition) is 4. The van der Waals surface area contributed by atoms with Crippen molar-refractivity contribution in [1.82, 2.24) is 4.90 Å². The maximum Gasteiger partial charge on any atom is 0.243 e. The number of aryl methyl sites for hydroxylation is 1. The van der Waals surface area contributed by atoms with Gasteiger partial charge in [0, 0.05) is 18.8 Å². The molecule has 1 aliphatic rings. The van der Waals surface area contributed by atoms with Gasteiger partial charge in [-0.05, 0) is 68.1 Å². The second-order valence-electron chi connectivity index (χ2n) is 7.44. The number of amides is 1. The maximum absolute atomic E-state index is 12.3. The lowest BCUT2D eigenvalue weighted by molar-refractivity contribution is -0.114. The van der Waals surface area contributed by atoms with Crippen molar-refractivity contribution in [2.45, 2.75) is 26.3 Å². The average Bonchev–Trinajstić information content (AvgIpc) is 2.70. The Kier molecular flexibility index (Phi) is 7.31. The van der Waals surface area contributed by atoms with E-state index in [9.17, 15) is 9.90 Å². The first-order valence-electron chi connectivity index (χ1n) is 9.76. The summed E-state index contributed by atoms with van der Waals surface area (Å²) in [5.74, 6) is 0.297. The zero-order chi connectivity index (χ0) is 19.9. The molecule has 0 atom stereocenters. The predicted molar refractivity (Wildman–Crippen MR) is 115 cm³/mol. The molecule has 0 aliphatic carbocycles. The second kappa shape index (κ2) is 9.92. The Labute approximate surface area is 171 Å². The molecule has 0 aromatic heterocycles. The van der Waals surface area contributed by atoms with Gasteiger partial charge >= 0.3 is 0 Å². The number of benzene rings is 2. The molecule has 2 aromatic rings. The number of rotatable bonds is 7. The van der Waals surface area contributed by atoms with Crippen LogP contribution in [0.25, 0.3) is 0 Å². The molecular formula is C22H28ClN3O2. The predicted octanol–water partition coefficient (Wildman–Crippen LogP) is 3.90. The highest BCUT2D eigenvalue weighted by atomic mass is 35.5. The third kappa shape index (κ3) is 5.71. The van der Waals surface area contributed by atoms with Crippen LogP contribution < -0.4 is 10.6 Å². The summed E-state index contributed by atoms with van der Waals surface area (Å²) < 4.78 is 0. The highest BCUT2D eigenvalue weighted by molar-refractivity contribution is 6.33. The van der Waals surface area contributed by atoms with Crippen molar-refractivity contribution in [2.24, 2.45) is 5.92 Å². The molecule has 28 heavy (non-hydrogen) atoms. The van der Waals surface area contributed by atoms with E-state index in [-0.39, 0.29) is 19.1 Å². The molecule has 0 radical (unpaired) electrons. The molecule has 1 heterocycles. The molecule has 1 aliphatic heterocycles. The number of halogens is 1. The van der Waals surface area contributed by atoms with Crippen LogP contribution in [0, 0.1) is 12.8 Å². The first-order valence-corrected chi connectivity index (χ1v) is 10.1. The number of piperidine rings is 1. The van der Waals surface area contributed by atoms with E-state index >= 15 is 0 Å². The number of anilines is 2. The normalized spacial score (nSPS) is 15.4. The Hall–Kier alpha value is -2.08. The Morgan fingerprint density at radius 2 is 1.93 bits per heavy atom. The summed E-state index contributed by atoms with van der Waals surface area (Å²) in [5, 5.41) is 15.9. The smallest absolute Gasteiger partial charge is 0.243 e. The van der Waals surface area contributed by atoms with Crippen molar-refractivity contribution in [3.05, 3.63) is 58.6 Å². The van der Waals surface area contributed by atoms with Crippen molar-refractivity contribution < 1.29 is 9.90 Å². The molecule has 3 N–H and O–H groups in total. The quantitative estimate of drug-likeness (QED) is 0.658. The van der Waals surface area contributed by atoms with E-state index in [0.717, 1.165) is 43.7 Å². The highest BCUT2D eigenvalue weighted by Crippen LogP contribution is 2.24. The number of aliphatic hydroxyl groups excluding tert-OH is 1. The summed E-state index contributed by atoms with van der Waals surface area (Å²) >= 11 is 6.19. The number of para-hydroxylation sites is 1. The van der Waals surface area contributed by atoms with Crippen molar-refractivity contribution in [1.29, 1.82) is 0 Å². The minimum absolute atomic E-state index is 0.135. The summed E-state index contributed by atoms with van der Waals surface area (Å²) in [6.07, 6.45) is 2.07. The summed E-state index contributed by atoms with van der Waals surface area (Å²) in [7, 11) is 0. The third-order valence-corrected chi connectivity index (χ3v) is 5.53. The van der Waals surface area contributed by atoms with Gasteiger partial charge in [-0.1, -0.05) is 35.9 Å². The maximum atomic E-state index is 12.3. The largest absolute Gasteiger partial charge is 0.396 e. The Bertz CT molecular complexity index is 804. The lowest BCUT2D eigenvalue weighted by Gasteiger charge is -2.31. The fourth-order valence-electron chi connectivity index (χ4n) is 3.49. The SMILES string of the molecule is Cc1ccc(NC(=O)CNc2ccccc2CN2CCC(CO)CC2)c(Cl)c1. The Balaban J connectivity index is 1.55. The molecule has 150 valence electrons. The van der Waals surface area contributed by atoms with Gasteiger partial charge in [-0.2, -0.15) is 0 Å². The number of carbonyl (C=O) groups excluding carboxylic acids is 1. The molecular weight excluding hydrogens is 374 g/mol. The van der Waals surface area contributed by atoms with Gasteiger partial charge in [-0.25, -0.2) is 0 Å². The van der Waals surface area contributed by atoms with E-state index in [1.807, 2.05) is 43.3 Å². The van der Waals surface area contributed by atoms with E-state index in [4.69, 9.17) is 11.6 Å². The number of nitrogens with one attached hydrogen (secondary N) is 2. The molecule has 6 heteroatoms. The first kappa shape index (κ1) is 20.6. The zero-order valence-electron chi connectivity index (χ0n) is 16.2. The summed E-state index contributed by atoms with van der Waals surface area (Å²) in [6.45, 7) is 5.24. The minimum Gasteiger partial charge on any atom is -0.396 e. The van der Waals surface area contributed by atoms with Gasteiger partial charge in [0.05, 0.1) is 17.3 Å². The van der Waals surface area contributed by atoms with Gasteiger partial charge in [0.25, 0.3) is 0 Å². The zero-order valence-corrected chi connectivity index (χ0v) is 17.0. The first-order chi connectivity index (χ1) is 13.5. The van der Waals surface area contributed by atoms with Crippen LogP contribution in [-0.4, -0.2) is 42.2 Å². The molecule has 2 aromatic carbocycles. The number of carbonyl (C=O) groups is 1. The van der Waals surface area contributed by atoms with Gasteiger partial charge < -0.3 is 15.7 Å². The van der Waals surface area contributed by atoms with Crippen molar-refractivity contribution in [3.63, 3.8) is 0 Å². The summed E-state index contributed by atoms with van der Waals surface area (Å²) in [4.78, 5) is 14.7. The fourth-order valence-corrected chi connectivity index (χ4v) is 3.77.